The molecule has 3 N–H and O–H groups in total. The van der Waals surface area contributed by atoms with Crippen LogP contribution in [0.2, 0.25) is 0 Å². The van der Waals surface area contributed by atoms with Crippen molar-refractivity contribution in [2.75, 3.05) is 26.2 Å². The number of aromatic nitrogens is 1. The molecule has 17 heavy (non-hydrogen) atoms. The van der Waals surface area contributed by atoms with Gasteiger partial charge in [-0.25, -0.2) is 0 Å². The van der Waals surface area contributed by atoms with Gasteiger partial charge in [-0.1, -0.05) is 6.07 Å². The summed E-state index contributed by atoms with van der Waals surface area (Å²) in [5.74, 6) is 0. The average Bonchev–Trinajstić information content (AvgIpc) is 2.40. The molecule has 0 bridgehead atoms. The second kappa shape index (κ2) is 5.12. The van der Waals surface area contributed by atoms with E-state index in [0.717, 1.165) is 31.7 Å². The minimum absolute atomic E-state index is 0.00528. The molecule has 4 nitrogen and oxygen atoms in total. The van der Waals surface area contributed by atoms with Crippen LogP contribution in [0, 0.1) is 0 Å². The molecular formula is C13H22N4. The second-order valence-corrected chi connectivity index (χ2v) is 5.15. The van der Waals surface area contributed by atoms with Crippen LogP contribution in [0.4, 0.5) is 0 Å². The monoisotopic (exact) mass is 234 g/mol. The molecule has 1 unspecified atom stereocenters. The van der Waals surface area contributed by atoms with Crippen molar-refractivity contribution in [3.8, 4) is 0 Å². The predicted molar refractivity (Wildman–Crippen MR) is 69.7 cm³/mol. The van der Waals surface area contributed by atoms with Gasteiger partial charge in [0.25, 0.3) is 0 Å². The van der Waals surface area contributed by atoms with E-state index >= 15 is 0 Å². The molecule has 0 saturated carbocycles. The molecule has 0 spiro atoms. The highest BCUT2D eigenvalue weighted by Crippen LogP contribution is 2.28. The number of nitrogens with zero attached hydrogens (tertiary/aromatic N) is 2. The molecule has 1 fully saturated rings. The van der Waals surface area contributed by atoms with Gasteiger partial charge in [0.05, 0.1) is 0 Å². The molecule has 94 valence electrons. The summed E-state index contributed by atoms with van der Waals surface area (Å²) in [4.78, 5) is 6.61. The normalized spacial score (nSPS) is 20.2. The lowest BCUT2D eigenvalue weighted by molar-refractivity contribution is 0.0799. The number of hydrogen-bond acceptors (Lipinski definition) is 4. The predicted octanol–water partition coefficient (Wildman–Crippen LogP) is 0.765. The summed E-state index contributed by atoms with van der Waals surface area (Å²) < 4.78 is 0. The second-order valence-electron chi connectivity index (χ2n) is 5.15. The summed E-state index contributed by atoms with van der Waals surface area (Å²) in [7, 11) is 0. The first-order valence-electron chi connectivity index (χ1n) is 6.23. The zero-order valence-electron chi connectivity index (χ0n) is 10.7. The minimum Gasteiger partial charge on any atom is -0.322 e. The first kappa shape index (κ1) is 12.5. The number of pyridine rings is 1. The van der Waals surface area contributed by atoms with E-state index in [-0.39, 0.29) is 11.6 Å². The number of rotatable bonds is 3. The van der Waals surface area contributed by atoms with E-state index in [2.05, 4.69) is 35.1 Å². The number of hydrogen-bond donors (Lipinski definition) is 2. The van der Waals surface area contributed by atoms with Crippen LogP contribution in [-0.2, 0) is 0 Å². The Kier molecular flexibility index (Phi) is 3.76. The van der Waals surface area contributed by atoms with Gasteiger partial charge in [-0.05, 0) is 25.5 Å². The smallest absolute Gasteiger partial charge is 0.0492 e. The van der Waals surface area contributed by atoms with Crippen LogP contribution >= 0.6 is 0 Å². The van der Waals surface area contributed by atoms with Crippen molar-refractivity contribution in [1.29, 1.82) is 0 Å². The van der Waals surface area contributed by atoms with Gasteiger partial charge in [0.15, 0.2) is 0 Å². The molecule has 0 aliphatic carbocycles. The fourth-order valence-corrected chi connectivity index (χ4v) is 2.41. The van der Waals surface area contributed by atoms with Crippen molar-refractivity contribution >= 4 is 0 Å². The standard InChI is InChI=1S/C13H22N4/c1-13(2,17-8-6-15-7-9-17)12(14)11-4-3-5-16-10-11/h3-5,10,12,15H,6-9,14H2,1-2H3. The molecule has 4 heteroatoms. The maximum atomic E-state index is 6.40. The quantitative estimate of drug-likeness (QED) is 0.811. The summed E-state index contributed by atoms with van der Waals surface area (Å²) in [5.41, 5.74) is 7.47. The van der Waals surface area contributed by atoms with Gasteiger partial charge in [0.2, 0.25) is 0 Å². The van der Waals surface area contributed by atoms with Crippen LogP contribution in [0.25, 0.3) is 0 Å². The summed E-state index contributed by atoms with van der Waals surface area (Å²) in [5, 5.41) is 3.37. The number of piperazine rings is 1. The van der Waals surface area contributed by atoms with Gasteiger partial charge < -0.3 is 11.1 Å². The summed E-state index contributed by atoms with van der Waals surface area (Å²) >= 11 is 0. The summed E-state index contributed by atoms with van der Waals surface area (Å²) in [6.07, 6.45) is 3.66. The first-order chi connectivity index (χ1) is 8.12. The Labute approximate surface area is 103 Å². The Morgan fingerprint density at radius 2 is 2.12 bits per heavy atom. The molecule has 0 amide bonds. The third kappa shape index (κ3) is 2.65. The summed E-state index contributed by atoms with van der Waals surface area (Å²) in [6.45, 7) is 8.64. The highest BCUT2D eigenvalue weighted by atomic mass is 15.2. The van der Waals surface area contributed by atoms with E-state index in [1.807, 2.05) is 12.3 Å². The van der Waals surface area contributed by atoms with Crippen molar-refractivity contribution in [2.24, 2.45) is 5.73 Å². The minimum atomic E-state index is -0.0366. The van der Waals surface area contributed by atoms with Gasteiger partial charge in [-0.2, -0.15) is 0 Å². The molecule has 0 aromatic carbocycles. The van der Waals surface area contributed by atoms with E-state index in [1.54, 1.807) is 6.20 Å². The lowest BCUT2D eigenvalue weighted by Crippen LogP contribution is -2.57. The summed E-state index contributed by atoms with van der Waals surface area (Å²) in [6, 6.07) is 4.00. The van der Waals surface area contributed by atoms with Gasteiger partial charge >= 0.3 is 0 Å². The van der Waals surface area contributed by atoms with Crippen LogP contribution in [0.3, 0.4) is 0 Å². The van der Waals surface area contributed by atoms with Crippen LogP contribution in [0.15, 0.2) is 24.5 Å². The topological polar surface area (TPSA) is 54.2 Å². The van der Waals surface area contributed by atoms with Crippen LogP contribution in [0.5, 0.6) is 0 Å². The van der Waals surface area contributed by atoms with E-state index in [4.69, 9.17) is 5.73 Å². The SMILES string of the molecule is CC(C)(C(N)c1cccnc1)N1CCNCC1. The van der Waals surface area contributed by atoms with Crippen LogP contribution in [0.1, 0.15) is 25.5 Å². The molecule has 1 aliphatic rings. The fourth-order valence-electron chi connectivity index (χ4n) is 2.41. The van der Waals surface area contributed by atoms with Gasteiger partial charge in [0, 0.05) is 50.2 Å². The average molecular weight is 234 g/mol. The number of nitrogens with one attached hydrogen (secondary N) is 1. The molecular weight excluding hydrogens is 212 g/mol. The van der Waals surface area contributed by atoms with Crippen molar-refractivity contribution in [1.82, 2.24) is 15.2 Å². The van der Waals surface area contributed by atoms with Gasteiger partial charge in [-0.3, -0.25) is 9.88 Å². The molecule has 1 aromatic heterocycles. The van der Waals surface area contributed by atoms with E-state index < -0.39 is 0 Å². The first-order valence-corrected chi connectivity index (χ1v) is 6.23. The van der Waals surface area contributed by atoms with Crippen molar-refractivity contribution < 1.29 is 0 Å². The fraction of sp³-hybridized carbons (Fsp3) is 0.615. The Balaban J connectivity index is 2.13. The van der Waals surface area contributed by atoms with Gasteiger partial charge in [0.1, 0.15) is 0 Å². The Morgan fingerprint density at radius 1 is 1.41 bits per heavy atom. The van der Waals surface area contributed by atoms with Crippen molar-refractivity contribution in [3.05, 3.63) is 30.1 Å². The molecule has 2 rings (SSSR count). The molecule has 0 radical (unpaired) electrons. The lowest BCUT2D eigenvalue weighted by Gasteiger charge is -2.44. The highest BCUT2D eigenvalue weighted by molar-refractivity contribution is 5.18. The molecule has 1 atom stereocenters. The third-order valence-electron chi connectivity index (χ3n) is 3.74. The van der Waals surface area contributed by atoms with Crippen molar-refractivity contribution in [2.45, 2.75) is 25.4 Å². The maximum Gasteiger partial charge on any atom is 0.0492 e. The van der Waals surface area contributed by atoms with Gasteiger partial charge in [-0.15, -0.1) is 0 Å². The molecule has 1 saturated heterocycles. The Bertz CT molecular complexity index is 344. The van der Waals surface area contributed by atoms with Crippen LogP contribution < -0.4 is 11.1 Å². The Hall–Kier alpha value is -0.970. The lowest BCUT2D eigenvalue weighted by atomic mass is 9.88. The third-order valence-corrected chi connectivity index (χ3v) is 3.74. The number of nitrogens with two attached hydrogens (primary N) is 1. The van der Waals surface area contributed by atoms with E-state index in [1.165, 1.54) is 0 Å². The molecule has 1 aliphatic heterocycles. The maximum absolute atomic E-state index is 6.40. The van der Waals surface area contributed by atoms with E-state index in [9.17, 15) is 0 Å². The molecule has 1 aromatic rings. The van der Waals surface area contributed by atoms with Crippen LogP contribution in [-0.4, -0.2) is 41.6 Å². The molecule has 2 heterocycles. The Morgan fingerprint density at radius 3 is 2.71 bits per heavy atom. The largest absolute Gasteiger partial charge is 0.322 e. The van der Waals surface area contributed by atoms with E-state index in [0.29, 0.717) is 0 Å². The zero-order valence-corrected chi connectivity index (χ0v) is 10.7. The highest BCUT2D eigenvalue weighted by Gasteiger charge is 2.34. The zero-order chi connectivity index (χ0) is 12.3. The van der Waals surface area contributed by atoms with Crippen molar-refractivity contribution in [3.63, 3.8) is 0 Å².